The number of halogens is 3. The number of aliphatic hydroxyl groups excluding tert-OH is 1. The van der Waals surface area contributed by atoms with Crippen molar-refractivity contribution < 1.29 is 23.1 Å². The highest BCUT2D eigenvalue weighted by Crippen LogP contribution is 2.36. The van der Waals surface area contributed by atoms with Crippen LogP contribution in [-0.4, -0.2) is 37.4 Å². The van der Waals surface area contributed by atoms with Crippen molar-refractivity contribution in [3.8, 4) is 0 Å². The molecule has 0 bridgehead atoms. The fourth-order valence-electron chi connectivity index (χ4n) is 2.38. The second-order valence-corrected chi connectivity index (χ2v) is 5.03. The van der Waals surface area contributed by atoms with Gasteiger partial charge in [0.25, 0.3) is 0 Å². The van der Waals surface area contributed by atoms with E-state index in [1.807, 2.05) is 4.90 Å². The van der Waals surface area contributed by atoms with Crippen molar-refractivity contribution in [2.24, 2.45) is 0 Å². The molecule has 2 amide bonds. The molecule has 0 saturated carbocycles. The number of hydrogen-bond donors (Lipinski definition) is 3. The van der Waals surface area contributed by atoms with Crippen molar-refractivity contribution in [3.63, 3.8) is 0 Å². The predicted molar refractivity (Wildman–Crippen MR) is 77.0 cm³/mol. The van der Waals surface area contributed by atoms with Gasteiger partial charge in [0, 0.05) is 19.6 Å². The molecule has 3 N–H and O–H groups in total. The number of nitrogens with one attached hydrogen (secondary N) is 2. The van der Waals surface area contributed by atoms with Gasteiger partial charge in [-0.05, 0) is 31.0 Å². The third-order valence-electron chi connectivity index (χ3n) is 3.42. The first-order chi connectivity index (χ1) is 10.4. The summed E-state index contributed by atoms with van der Waals surface area (Å²) >= 11 is 0. The molecule has 0 aliphatic carbocycles. The van der Waals surface area contributed by atoms with Crippen LogP contribution in [0.15, 0.2) is 18.2 Å². The minimum Gasteiger partial charge on any atom is -0.395 e. The highest BCUT2D eigenvalue weighted by molar-refractivity contribution is 5.93. The Balaban J connectivity index is 2.26. The zero-order chi connectivity index (χ0) is 16.2. The molecule has 1 fully saturated rings. The molecule has 0 spiro atoms. The number of carbonyl (C=O) groups is 1. The fraction of sp³-hybridized carbons (Fsp3) is 0.500. The Morgan fingerprint density at radius 2 is 1.95 bits per heavy atom. The molecule has 2 rings (SSSR count). The molecule has 0 unspecified atom stereocenters. The van der Waals surface area contributed by atoms with Gasteiger partial charge in [0.15, 0.2) is 0 Å². The number of benzene rings is 1. The normalized spacial score (nSPS) is 15.0. The summed E-state index contributed by atoms with van der Waals surface area (Å²) in [5, 5.41) is 13.4. The first kappa shape index (κ1) is 16.4. The topological polar surface area (TPSA) is 64.6 Å². The van der Waals surface area contributed by atoms with Crippen LogP contribution < -0.4 is 15.5 Å². The maximum absolute atomic E-state index is 12.8. The lowest BCUT2D eigenvalue weighted by atomic mass is 10.1. The Bertz CT molecular complexity index is 529. The molecule has 5 nitrogen and oxygen atoms in total. The van der Waals surface area contributed by atoms with Crippen molar-refractivity contribution in [1.82, 2.24) is 5.32 Å². The molecule has 0 aromatic heterocycles. The Morgan fingerprint density at radius 1 is 1.27 bits per heavy atom. The first-order valence-corrected chi connectivity index (χ1v) is 7.03. The second-order valence-electron chi connectivity index (χ2n) is 5.03. The van der Waals surface area contributed by atoms with Crippen molar-refractivity contribution >= 4 is 17.4 Å². The number of hydrogen-bond acceptors (Lipinski definition) is 3. The summed E-state index contributed by atoms with van der Waals surface area (Å²) in [4.78, 5) is 13.6. The van der Waals surface area contributed by atoms with Crippen molar-refractivity contribution in [1.29, 1.82) is 0 Å². The Morgan fingerprint density at radius 3 is 2.55 bits per heavy atom. The van der Waals surface area contributed by atoms with E-state index in [1.165, 1.54) is 6.07 Å². The van der Waals surface area contributed by atoms with Crippen LogP contribution in [0, 0.1) is 0 Å². The highest BCUT2D eigenvalue weighted by atomic mass is 19.4. The van der Waals surface area contributed by atoms with E-state index >= 15 is 0 Å². The van der Waals surface area contributed by atoms with E-state index in [0.29, 0.717) is 5.69 Å². The van der Waals surface area contributed by atoms with Crippen LogP contribution in [0.1, 0.15) is 18.4 Å². The summed E-state index contributed by atoms with van der Waals surface area (Å²) in [6, 6.07) is 2.70. The van der Waals surface area contributed by atoms with Gasteiger partial charge < -0.3 is 20.6 Å². The summed E-state index contributed by atoms with van der Waals surface area (Å²) in [5.74, 6) is 0. The van der Waals surface area contributed by atoms with Gasteiger partial charge in [-0.2, -0.15) is 13.2 Å². The van der Waals surface area contributed by atoms with Crippen molar-refractivity contribution in [3.05, 3.63) is 23.8 Å². The molecule has 1 aromatic rings. The monoisotopic (exact) mass is 317 g/mol. The third kappa shape index (κ3) is 4.03. The third-order valence-corrected chi connectivity index (χ3v) is 3.42. The van der Waals surface area contributed by atoms with Crippen LogP contribution in [0.3, 0.4) is 0 Å². The second kappa shape index (κ2) is 6.87. The van der Waals surface area contributed by atoms with Gasteiger partial charge in [-0.1, -0.05) is 0 Å². The number of anilines is 2. The van der Waals surface area contributed by atoms with Gasteiger partial charge >= 0.3 is 12.2 Å². The lowest BCUT2D eigenvalue weighted by Gasteiger charge is -2.23. The summed E-state index contributed by atoms with van der Waals surface area (Å²) in [5.41, 5.74) is -0.121. The van der Waals surface area contributed by atoms with E-state index in [2.05, 4.69) is 10.6 Å². The molecule has 1 aliphatic heterocycles. The van der Waals surface area contributed by atoms with Gasteiger partial charge in [0.05, 0.1) is 23.5 Å². The molecule has 22 heavy (non-hydrogen) atoms. The minimum atomic E-state index is -4.47. The average molecular weight is 317 g/mol. The zero-order valence-corrected chi connectivity index (χ0v) is 11.9. The van der Waals surface area contributed by atoms with Crippen LogP contribution in [0.2, 0.25) is 0 Å². The van der Waals surface area contributed by atoms with E-state index in [4.69, 9.17) is 5.11 Å². The van der Waals surface area contributed by atoms with Crippen molar-refractivity contribution in [2.45, 2.75) is 19.0 Å². The Labute approximate surface area is 126 Å². The number of rotatable bonds is 4. The lowest BCUT2D eigenvalue weighted by molar-refractivity contribution is -0.137. The number of alkyl halides is 3. The summed E-state index contributed by atoms with van der Waals surface area (Å²) in [6.07, 6.45) is -2.53. The van der Waals surface area contributed by atoms with Crippen LogP contribution in [0.5, 0.6) is 0 Å². The molecule has 1 aliphatic rings. The van der Waals surface area contributed by atoms with Gasteiger partial charge in [0.1, 0.15) is 0 Å². The predicted octanol–water partition coefficient (Wildman–Crippen LogP) is 2.42. The Kier molecular flexibility index (Phi) is 5.12. The van der Waals surface area contributed by atoms with Gasteiger partial charge in [-0.3, -0.25) is 0 Å². The molecule has 0 atom stereocenters. The number of aliphatic hydroxyl groups is 1. The van der Waals surface area contributed by atoms with Gasteiger partial charge in [0.2, 0.25) is 0 Å². The number of nitrogens with zero attached hydrogens (tertiary/aromatic N) is 1. The molecule has 1 heterocycles. The standard InChI is InChI=1S/C14H18F3N3O2/c15-14(16,17)10-3-4-12(20-6-1-2-7-20)11(9-10)19-13(22)18-5-8-21/h3-4,9,21H,1-2,5-8H2,(H2,18,19,22). The molecule has 1 aromatic carbocycles. The molecule has 8 heteroatoms. The van der Waals surface area contributed by atoms with Crippen molar-refractivity contribution in [2.75, 3.05) is 36.5 Å². The average Bonchev–Trinajstić information content (AvgIpc) is 2.98. The minimum absolute atomic E-state index is 0.0316. The first-order valence-electron chi connectivity index (χ1n) is 7.03. The maximum atomic E-state index is 12.8. The summed E-state index contributed by atoms with van der Waals surface area (Å²) < 4.78 is 38.5. The smallest absolute Gasteiger partial charge is 0.395 e. The van der Waals surface area contributed by atoms with Crippen LogP contribution in [-0.2, 0) is 6.18 Å². The SMILES string of the molecule is O=C(NCCO)Nc1cc(C(F)(F)F)ccc1N1CCCC1. The molecular weight excluding hydrogens is 299 g/mol. The van der Waals surface area contributed by atoms with E-state index in [9.17, 15) is 18.0 Å². The van der Waals surface area contributed by atoms with E-state index in [-0.39, 0.29) is 18.8 Å². The van der Waals surface area contributed by atoms with Gasteiger partial charge in [-0.15, -0.1) is 0 Å². The fourth-order valence-corrected chi connectivity index (χ4v) is 2.38. The number of urea groups is 1. The molecule has 0 radical (unpaired) electrons. The van der Waals surface area contributed by atoms with Gasteiger partial charge in [-0.25, -0.2) is 4.79 Å². The van der Waals surface area contributed by atoms with Crippen LogP contribution in [0.4, 0.5) is 29.3 Å². The highest BCUT2D eigenvalue weighted by Gasteiger charge is 2.32. The number of carbonyl (C=O) groups excluding carboxylic acids is 1. The lowest BCUT2D eigenvalue weighted by Crippen LogP contribution is -2.32. The van der Waals surface area contributed by atoms with Crippen LogP contribution in [0.25, 0.3) is 0 Å². The van der Waals surface area contributed by atoms with E-state index in [1.54, 1.807) is 0 Å². The quantitative estimate of drug-likeness (QED) is 0.799. The largest absolute Gasteiger partial charge is 0.416 e. The van der Waals surface area contributed by atoms with Crippen LogP contribution >= 0.6 is 0 Å². The summed E-state index contributed by atoms with van der Waals surface area (Å²) in [6.45, 7) is 1.29. The zero-order valence-electron chi connectivity index (χ0n) is 11.9. The molecule has 1 saturated heterocycles. The molecule has 122 valence electrons. The molecular formula is C14H18F3N3O2. The number of amides is 2. The van der Waals surface area contributed by atoms with E-state index < -0.39 is 17.8 Å². The maximum Gasteiger partial charge on any atom is 0.416 e. The Hall–Kier alpha value is -1.96. The van der Waals surface area contributed by atoms with E-state index in [0.717, 1.165) is 38.1 Å². The summed E-state index contributed by atoms with van der Waals surface area (Å²) in [7, 11) is 0.